The number of amides is 1. The molecule has 0 bridgehead atoms. The average Bonchev–Trinajstić information content (AvgIpc) is 2.04. The van der Waals surface area contributed by atoms with Crippen molar-refractivity contribution < 1.29 is 4.79 Å². The van der Waals surface area contributed by atoms with Gasteiger partial charge in [-0.3, -0.25) is 4.79 Å². The van der Waals surface area contributed by atoms with Gasteiger partial charge in [-0.05, 0) is 6.42 Å². The second-order valence-corrected chi connectivity index (χ2v) is 2.56. The Labute approximate surface area is 73.9 Å². The molecule has 0 radical (unpaired) electrons. The molecular weight excluding hydrogens is 152 g/mol. The highest BCUT2D eigenvalue weighted by Gasteiger charge is 1.98. The summed E-state index contributed by atoms with van der Waals surface area (Å²) in [6.45, 7) is 4.88. The number of hydrogen-bond donors (Lipinski definition) is 2. The normalized spacial score (nSPS) is 11.8. The van der Waals surface area contributed by atoms with Gasteiger partial charge in [0.2, 0.25) is 5.91 Å². The first-order chi connectivity index (χ1) is 5.70. The Kier molecular flexibility index (Phi) is 6.12. The van der Waals surface area contributed by atoms with E-state index in [1.165, 1.54) is 6.92 Å². The third kappa shape index (κ3) is 5.75. The second kappa shape index (κ2) is 6.68. The van der Waals surface area contributed by atoms with E-state index in [1.54, 1.807) is 0 Å². The summed E-state index contributed by atoms with van der Waals surface area (Å²) in [7, 11) is 0. The molecule has 68 valence electrons. The molecule has 0 saturated heterocycles. The van der Waals surface area contributed by atoms with Crippen LogP contribution >= 0.6 is 0 Å². The lowest BCUT2D eigenvalue weighted by atomic mass is 10.2. The highest BCUT2D eigenvalue weighted by molar-refractivity contribution is 5.72. The van der Waals surface area contributed by atoms with Crippen LogP contribution in [0.1, 0.15) is 20.3 Å². The maximum absolute atomic E-state index is 10.4. The van der Waals surface area contributed by atoms with Crippen molar-refractivity contribution in [2.24, 2.45) is 0 Å². The second-order valence-electron chi connectivity index (χ2n) is 2.56. The summed E-state index contributed by atoms with van der Waals surface area (Å²) < 4.78 is 0. The van der Waals surface area contributed by atoms with Crippen molar-refractivity contribution in [3.63, 3.8) is 0 Å². The molecule has 1 unspecified atom stereocenters. The summed E-state index contributed by atoms with van der Waals surface area (Å²) in [5.74, 6) is 2.61. The number of rotatable bonds is 5. The molecule has 0 aliphatic rings. The Balaban J connectivity index is 3.31. The Morgan fingerprint density at radius 2 is 2.25 bits per heavy atom. The molecule has 3 nitrogen and oxygen atoms in total. The minimum atomic E-state index is -0.00874. The first-order valence-electron chi connectivity index (χ1n) is 4.14. The molecule has 1 atom stereocenters. The zero-order valence-corrected chi connectivity index (χ0v) is 7.68. The molecule has 1 amide bonds. The van der Waals surface area contributed by atoms with Crippen LogP contribution < -0.4 is 10.6 Å². The number of carbonyl (C=O) groups is 1. The summed E-state index contributed by atoms with van der Waals surface area (Å²) in [5, 5.41) is 5.80. The summed E-state index contributed by atoms with van der Waals surface area (Å²) >= 11 is 0. The van der Waals surface area contributed by atoms with Gasteiger partial charge in [0.25, 0.3) is 0 Å². The molecule has 0 spiro atoms. The van der Waals surface area contributed by atoms with Gasteiger partial charge < -0.3 is 10.6 Å². The summed E-state index contributed by atoms with van der Waals surface area (Å²) in [4.78, 5) is 10.4. The smallest absolute Gasteiger partial charge is 0.216 e. The summed E-state index contributed by atoms with van der Waals surface area (Å²) in [5.41, 5.74) is 0. The van der Waals surface area contributed by atoms with Crippen LogP contribution in [0.4, 0.5) is 0 Å². The van der Waals surface area contributed by atoms with E-state index in [0.717, 1.165) is 13.0 Å². The molecule has 0 aromatic heterocycles. The number of nitrogens with one attached hydrogen (secondary N) is 2. The molecule has 0 rings (SSSR count). The number of terminal acetylenes is 1. The fourth-order valence-electron chi connectivity index (χ4n) is 0.806. The van der Waals surface area contributed by atoms with Crippen molar-refractivity contribution in [3.8, 4) is 12.3 Å². The number of carbonyl (C=O) groups excluding carboxylic acids is 1. The molecule has 0 aliphatic heterocycles. The lowest BCUT2D eigenvalue weighted by Crippen LogP contribution is -2.35. The maximum Gasteiger partial charge on any atom is 0.216 e. The molecule has 0 aromatic carbocycles. The molecule has 0 saturated carbocycles. The van der Waals surface area contributed by atoms with E-state index in [0.29, 0.717) is 6.54 Å². The highest BCUT2D eigenvalue weighted by atomic mass is 16.1. The molecule has 12 heavy (non-hydrogen) atoms. The van der Waals surface area contributed by atoms with Gasteiger partial charge in [-0.15, -0.1) is 6.42 Å². The van der Waals surface area contributed by atoms with E-state index >= 15 is 0 Å². The standard InChI is InChI=1S/C9H16N2O/c1-4-9(5-2)11-7-6-10-8(3)12/h1,9,11H,5-7H2,2-3H3,(H,10,12). The van der Waals surface area contributed by atoms with E-state index in [-0.39, 0.29) is 11.9 Å². The lowest BCUT2D eigenvalue weighted by Gasteiger charge is -2.09. The Morgan fingerprint density at radius 1 is 1.58 bits per heavy atom. The zero-order chi connectivity index (χ0) is 9.40. The largest absolute Gasteiger partial charge is 0.355 e. The van der Waals surface area contributed by atoms with Gasteiger partial charge in [-0.2, -0.15) is 0 Å². The van der Waals surface area contributed by atoms with Crippen LogP contribution in [-0.2, 0) is 4.79 Å². The predicted octanol–water partition coefficient (Wildman–Crippen LogP) is 0.124. The van der Waals surface area contributed by atoms with Gasteiger partial charge in [0, 0.05) is 20.0 Å². The Morgan fingerprint density at radius 3 is 2.67 bits per heavy atom. The van der Waals surface area contributed by atoms with Gasteiger partial charge in [-0.25, -0.2) is 0 Å². The van der Waals surface area contributed by atoms with Gasteiger partial charge in [-0.1, -0.05) is 12.8 Å². The van der Waals surface area contributed by atoms with Crippen LogP contribution in [0.3, 0.4) is 0 Å². The van der Waals surface area contributed by atoms with Crippen LogP contribution in [0, 0.1) is 12.3 Å². The molecule has 0 fully saturated rings. The van der Waals surface area contributed by atoms with Crippen molar-refractivity contribution in [3.05, 3.63) is 0 Å². The van der Waals surface area contributed by atoms with Gasteiger partial charge in [0.1, 0.15) is 0 Å². The molecule has 2 N–H and O–H groups in total. The lowest BCUT2D eigenvalue weighted by molar-refractivity contribution is -0.118. The minimum absolute atomic E-state index is 0.00874. The van der Waals surface area contributed by atoms with Crippen molar-refractivity contribution >= 4 is 5.91 Å². The Bertz CT molecular complexity index is 172. The Hall–Kier alpha value is -1.01. The van der Waals surface area contributed by atoms with E-state index < -0.39 is 0 Å². The first-order valence-corrected chi connectivity index (χ1v) is 4.14. The SMILES string of the molecule is C#CC(CC)NCCNC(C)=O. The predicted molar refractivity (Wildman–Crippen MR) is 49.6 cm³/mol. The van der Waals surface area contributed by atoms with E-state index in [9.17, 15) is 4.79 Å². The van der Waals surface area contributed by atoms with Crippen molar-refractivity contribution in [1.29, 1.82) is 0 Å². The molecule has 0 aromatic rings. The average molecular weight is 168 g/mol. The quantitative estimate of drug-likeness (QED) is 0.452. The highest BCUT2D eigenvalue weighted by Crippen LogP contribution is 1.85. The third-order valence-electron chi connectivity index (χ3n) is 1.50. The summed E-state index contributed by atoms with van der Waals surface area (Å²) in [6.07, 6.45) is 6.14. The van der Waals surface area contributed by atoms with Crippen molar-refractivity contribution in [2.45, 2.75) is 26.3 Å². The van der Waals surface area contributed by atoms with Crippen LogP contribution in [-0.4, -0.2) is 25.0 Å². The van der Waals surface area contributed by atoms with Crippen LogP contribution in [0.15, 0.2) is 0 Å². The minimum Gasteiger partial charge on any atom is -0.355 e. The fourth-order valence-corrected chi connectivity index (χ4v) is 0.806. The number of hydrogen-bond acceptors (Lipinski definition) is 2. The van der Waals surface area contributed by atoms with Gasteiger partial charge in [0.15, 0.2) is 0 Å². The van der Waals surface area contributed by atoms with Crippen LogP contribution in [0.5, 0.6) is 0 Å². The van der Waals surface area contributed by atoms with Gasteiger partial charge in [0.05, 0.1) is 6.04 Å². The van der Waals surface area contributed by atoms with Crippen molar-refractivity contribution in [2.75, 3.05) is 13.1 Å². The third-order valence-corrected chi connectivity index (χ3v) is 1.50. The molecule has 0 aliphatic carbocycles. The van der Waals surface area contributed by atoms with Crippen LogP contribution in [0.2, 0.25) is 0 Å². The molecule has 0 heterocycles. The van der Waals surface area contributed by atoms with Crippen molar-refractivity contribution in [1.82, 2.24) is 10.6 Å². The van der Waals surface area contributed by atoms with E-state index in [2.05, 4.69) is 16.6 Å². The monoisotopic (exact) mass is 168 g/mol. The van der Waals surface area contributed by atoms with Crippen LogP contribution in [0.25, 0.3) is 0 Å². The van der Waals surface area contributed by atoms with E-state index in [1.807, 2.05) is 6.92 Å². The topological polar surface area (TPSA) is 41.1 Å². The summed E-state index contributed by atoms with van der Waals surface area (Å²) in [6, 6.07) is 0.124. The zero-order valence-electron chi connectivity index (χ0n) is 7.68. The molecule has 3 heteroatoms. The first kappa shape index (κ1) is 11.0. The fraction of sp³-hybridized carbons (Fsp3) is 0.667. The van der Waals surface area contributed by atoms with Gasteiger partial charge >= 0.3 is 0 Å². The van der Waals surface area contributed by atoms with E-state index in [4.69, 9.17) is 6.42 Å². The molecular formula is C9H16N2O. The maximum atomic E-state index is 10.4.